The SMILES string of the molecule is C=CCN=C1CCCN1CC=C. The van der Waals surface area contributed by atoms with Gasteiger partial charge in [-0.3, -0.25) is 4.99 Å². The number of hydrogen-bond acceptors (Lipinski definition) is 1. The molecule has 66 valence electrons. The van der Waals surface area contributed by atoms with E-state index in [0.717, 1.165) is 26.1 Å². The molecule has 0 radical (unpaired) electrons. The zero-order valence-electron chi connectivity index (χ0n) is 7.50. The van der Waals surface area contributed by atoms with Crippen LogP contribution in [0.4, 0.5) is 0 Å². The first-order chi connectivity index (χ1) is 5.88. The van der Waals surface area contributed by atoms with Gasteiger partial charge >= 0.3 is 0 Å². The summed E-state index contributed by atoms with van der Waals surface area (Å²) in [6.45, 7) is 10.2. The van der Waals surface area contributed by atoms with Crippen LogP contribution in [-0.2, 0) is 0 Å². The molecule has 0 aromatic carbocycles. The van der Waals surface area contributed by atoms with Crippen LogP contribution >= 0.6 is 0 Å². The van der Waals surface area contributed by atoms with Gasteiger partial charge in [0.2, 0.25) is 0 Å². The minimum atomic E-state index is 0.739. The Morgan fingerprint density at radius 2 is 2.25 bits per heavy atom. The Labute approximate surface area is 74.3 Å². The molecule has 0 atom stereocenters. The fourth-order valence-corrected chi connectivity index (χ4v) is 1.42. The number of likely N-dealkylation sites (tertiary alicyclic amines) is 1. The van der Waals surface area contributed by atoms with Gasteiger partial charge in [0.25, 0.3) is 0 Å². The molecule has 0 aromatic rings. The lowest BCUT2D eigenvalue weighted by Crippen LogP contribution is -2.24. The summed E-state index contributed by atoms with van der Waals surface area (Å²) in [6.07, 6.45) is 6.09. The zero-order valence-corrected chi connectivity index (χ0v) is 7.50. The van der Waals surface area contributed by atoms with Crippen molar-refractivity contribution in [2.75, 3.05) is 19.6 Å². The second kappa shape index (κ2) is 4.75. The molecule has 1 aliphatic heterocycles. The highest BCUT2D eigenvalue weighted by Gasteiger charge is 2.15. The van der Waals surface area contributed by atoms with Crippen LogP contribution in [0.25, 0.3) is 0 Å². The van der Waals surface area contributed by atoms with Gasteiger partial charge in [-0.15, -0.1) is 13.2 Å². The maximum absolute atomic E-state index is 4.42. The first-order valence-electron chi connectivity index (χ1n) is 4.38. The molecular weight excluding hydrogens is 148 g/mol. The van der Waals surface area contributed by atoms with Crippen molar-refractivity contribution in [1.29, 1.82) is 0 Å². The Hall–Kier alpha value is -1.05. The van der Waals surface area contributed by atoms with E-state index in [2.05, 4.69) is 23.1 Å². The third-order valence-corrected chi connectivity index (χ3v) is 1.95. The molecule has 1 aliphatic rings. The van der Waals surface area contributed by atoms with Crippen molar-refractivity contribution < 1.29 is 0 Å². The summed E-state index contributed by atoms with van der Waals surface area (Å²) in [5, 5.41) is 0. The minimum Gasteiger partial charge on any atom is -0.357 e. The fourth-order valence-electron chi connectivity index (χ4n) is 1.42. The van der Waals surface area contributed by atoms with E-state index in [1.54, 1.807) is 0 Å². The van der Waals surface area contributed by atoms with Crippen molar-refractivity contribution in [2.45, 2.75) is 12.8 Å². The summed E-state index contributed by atoms with van der Waals surface area (Å²) in [5.41, 5.74) is 0. The molecule has 0 bridgehead atoms. The third kappa shape index (κ3) is 2.22. The van der Waals surface area contributed by atoms with Crippen molar-refractivity contribution in [2.24, 2.45) is 4.99 Å². The maximum atomic E-state index is 4.42. The van der Waals surface area contributed by atoms with Crippen LogP contribution in [0.5, 0.6) is 0 Å². The summed E-state index contributed by atoms with van der Waals surface area (Å²) < 4.78 is 0. The lowest BCUT2D eigenvalue weighted by atomic mass is 10.4. The second-order valence-corrected chi connectivity index (χ2v) is 2.88. The first kappa shape index (κ1) is 9.04. The van der Waals surface area contributed by atoms with Crippen molar-refractivity contribution in [3.63, 3.8) is 0 Å². The van der Waals surface area contributed by atoms with Gasteiger partial charge in [-0.1, -0.05) is 12.2 Å². The standard InChI is InChI=1S/C10H16N2/c1-3-7-11-10-6-5-9-12(10)8-4-2/h3-4H,1-2,5-9H2. The van der Waals surface area contributed by atoms with Gasteiger partial charge in [0, 0.05) is 19.5 Å². The van der Waals surface area contributed by atoms with Gasteiger partial charge in [0.1, 0.15) is 0 Å². The van der Waals surface area contributed by atoms with E-state index in [1.165, 1.54) is 12.3 Å². The van der Waals surface area contributed by atoms with Crippen LogP contribution in [0, 0.1) is 0 Å². The van der Waals surface area contributed by atoms with Crippen molar-refractivity contribution in [3.05, 3.63) is 25.3 Å². The van der Waals surface area contributed by atoms with E-state index in [1.807, 2.05) is 12.2 Å². The molecule has 0 N–H and O–H groups in total. The summed E-state index contributed by atoms with van der Waals surface area (Å²) in [7, 11) is 0. The molecule has 2 heteroatoms. The molecule has 2 nitrogen and oxygen atoms in total. The fraction of sp³-hybridized carbons (Fsp3) is 0.500. The lowest BCUT2D eigenvalue weighted by molar-refractivity contribution is 0.501. The highest BCUT2D eigenvalue weighted by molar-refractivity contribution is 5.84. The average molecular weight is 164 g/mol. The summed E-state index contributed by atoms with van der Waals surface area (Å²) in [6, 6.07) is 0. The second-order valence-electron chi connectivity index (χ2n) is 2.88. The quantitative estimate of drug-likeness (QED) is 0.579. The van der Waals surface area contributed by atoms with Crippen LogP contribution in [0.1, 0.15) is 12.8 Å². The molecule has 0 aromatic heterocycles. The molecule has 0 aliphatic carbocycles. The van der Waals surface area contributed by atoms with E-state index in [4.69, 9.17) is 0 Å². The summed E-state index contributed by atoms with van der Waals surface area (Å²) in [5.74, 6) is 1.22. The molecule has 1 rings (SSSR count). The average Bonchev–Trinajstić information content (AvgIpc) is 2.50. The third-order valence-electron chi connectivity index (χ3n) is 1.95. The van der Waals surface area contributed by atoms with Crippen LogP contribution in [0.3, 0.4) is 0 Å². The van der Waals surface area contributed by atoms with Gasteiger partial charge in [-0.2, -0.15) is 0 Å². The number of hydrogen-bond donors (Lipinski definition) is 0. The minimum absolute atomic E-state index is 0.739. The van der Waals surface area contributed by atoms with Crippen LogP contribution < -0.4 is 0 Å². The van der Waals surface area contributed by atoms with Crippen molar-refractivity contribution >= 4 is 5.84 Å². The topological polar surface area (TPSA) is 15.6 Å². The van der Waals surface area contributed by atoms with E-state index in [-0.39, 0.29) is 0 Å². The van der Waals surface area contributed by atoms with Gasteiger partial charge in [-0.05, 0) is 6.42 Å². The van der Waals surface area contributed by atoms with Crippen molar-refractivity contribution in [1.82, 2.24) is 4.90 Å². The Balaban J connectivity index is 2.50. The van der Waals surface area contributed by atoms with E-state index < -0.39 is 0 Å². The number of amidine groups is 1. The number of rotatable bonds is 4. The molecule has 0 unspecified atom stereocenters. The first-order valence-corrected chi connectivity index (χ1v) is 4.38. The van der Waals surface area contributed by atoms with E-state index >= 15 is 0 Å². The maximum Gasteiger partial charge on any atom is 0.0996 e. The predicted molar refractivity (Wildman–Crippen MR) is 53.5 cm³/mol. The van der Waals surface area contributed by atoms with Crippen molar-refractivity contribution in [3.8, 4) is 0 Å². The van der Waals surface area contributed by atoms with E-state index in [9.17, 15) is 0 Å². The van der Waals surface area contributed by atoms with Gasteiger partial charge in [0.15, 0.2) is 0 Å². The van der Waals surface area contributed by atoms with Crippen LogP contribution in [-0.4, -0.2) is 30.4 Å². The molecule has 0 saturated carbocycles. The summed E-state index contributed by atoms with van der Waals surface area (Å²) in [4.78, 5) is 6.69. The smallest absolute Gasteiger partial charge is 0.0996 e. The predicted octanol–water partition coefficient (Wildman–Crippen LogP) is 1.85. The molecule has 0 amide bonds. The molecule has 1 saturated heterocycles. The summed E-state index contributed by atoms with van der Waals surface area (Å²) >= 11 is 0. The normalized spacial score (nSPS) is 20.0. The Kier molecular flexibility index (Phi) is 3.58. The largest absolute Gasteiger partial charge is 0.357 e. The van der Waals surface area contributed by atoms with E-state index in [0.29, 0.717) is 0 Å². The Bertz CT molecular complexity index is 194. The Morgan fingerprint density at radius 3 is 2.92 bits per heavy atom. The Morgan fingerprint density at radius 1 is 1.42 bits per heavy atom. The molecule has 12 heavy (non-hydrogen) atoms. The van der Waals surface area contributed by atoms with Gasteiger partial charge < -0.3 is 4.90 Å². The monoisotopic (exact) mass is 164 g/mol. The molecular formula is C10H16N2. The van der Waals surface area contributed by atoms with Gasteiger partial charge in [-0.25, -0.2) is 0 Å². The highest BCUT2D eigenvalue weighted by atomic mass is 15.2. The lowest BCUT2D eigenvalue weighted by Gasteiger charge is -2.15. The molecule has 1 heterocycles. The number of nitrogens with zero attached hydrogens (tertiary/aromatic N) is 2. The van der Waals surface area contributed by atoms with Crippen LogP contribution in [0.2, 0.25) is 0 Å². The van der Waals surface area contributed by atoms with Crippen LogP contribution in [0.15, 0.2) is 30.3 Å². The molecule has 1 fully saturated rings. The zero-order chi connectivity index (χ0) is 8.81. The number of aliphatic imine (C=N–C) groups is 1. The van der Waals surface area contributed by atoms with Gasteiger partial charge in [0.05, 0.1) is 12.4 Å². The highest BCUT2D eigenvalue weighted by Crippen LogP contribution is 2.10. The molecule has 0 spiro atoms.